The van der Waals surface area contributed by atoms with Crippen LogP contribution in [0.4, 0.5) is 0 Å². The molecule has 178 valence electrons. The second kappa shape index (κ2) is 10.2. The molecule has 1 aliphatic rings. The van der Waals surface area contributed by atoms with Gasteiger partial charge in [-0.3, -0.25) is 4.57 Å². The topological polar surface area (TPSA) is 98.2 Å². The van der Waals surface area contributed by atoms with Gasteiger partial charge in [-0.05, 0) is 25.0 Å². The molecule has 2 N–H and O–H groups in total. The number of aliphatic hydroxyl groups is 1. The Morgan fingerprint density at radius 1 is 1.06 bits per heavy atom. The van der Waals surface area contributed by atoms with Gasteiger partial charge in [-0.1, -0.05) is 12.1 Å². The highest BCUT2D eigenvalue weighted by molar-refractivity contribution is 5.75. The van der Waals surface area contributed by atoms with E-state index in [0.29, 0.717) is 29.5 Å². The van der Waals surface area contributed by atoms with E-state index in [1.165, 1.54) is 0 Å². The van der Waals surface area contributed by atoms with Crippen molar-refractivity contribution >= 4 is 11.0 Å². The molecule has 9 heteroatoms. The molecule has 0 bridgehead atoms. The summed E-state index contributed by atoms with van der Waals surface area (Å²) in [5, 5.41) is 10.5. The number of rotatable bonds is 9. The Kier molecular flexibility index (Phi) is 7.10. The van der Waals surface area contributed by atoms with E-state index in [9.17, 15) is 9.90 Å². The fourth-order valence-corrected chi connectivity index (χ4v) is 4.48. The van der Waals surface area contributed by atoms with E-state index < -0.39 is 6.10 Å². The molecule has 9 nitrogen and oxygen atoms in total. The predicted octanol–water partition coefficient (Wildman–Crippen LogP) is 2.43. The summed E-state index contributed by atoms with van der Waals surface area (Å²) in [7, 11) is 4.64. The molecule has 1 fully saturated rings. The van der Waals surface area contributed by atoms with Crippen molar-refractivity contribution in [3.8, 4) is 23.0 Å². The van der Waals surface area contributed by atoms with Crippen molar-refractivity contribution in [2.45, 2.75) is 25.0 Å². The Morgan fingerprint density at radius 3 is 2.36 bits per heavy atom. The number of nitrogens with one attached hydrogen (secondary N) is 1. The number of fused-ring (bicyclic) bond motifs is 1. The van der Waals surface area contributed by atoms with Gasteiger partial charge < -0.3 is 33.9 Å². The molecule has 1 unspecified atom stereocenters. The number of piperidine rings is 1. The fourth-order valence-electron chi connectivity index (χ4n) is 4.48. The average molecular weight is 458 g/mol. The van der Waals surface area contributed by atoms with Crippen LogP contribution in [0.5, 0.6) is 23.0 Å². The molecule has 0 radical (unpaired) electrons. The smallest absolute Gasteiger partial charge is 0.326 e. The van der Waals surface area contributed by atoms with Gasteiger partial charge in [-0.2, -0.15) is 0 Å². The number of benzene rings is 2. The first-order valence-corrected chi connectivity index (χ1v) is 11.1. The number of β-amino-alcohol motifs (C(OH)–C–C–N with tert-alkyl or cyclic N) is 1. The highest BCUT2D eigenvalue weighted by atomic mass is 16.5. The van der Waals surface area contributed by atoms with Crippen LogP contribution in [0.1, 0.15) is 18.9 Å². The third-order valence-electron chi connectivity index (χ3n) is 6.10. The monoisotopic (exact) mass is 457 g/mol. The molecular weight excluding hydrogens is 426 g/mol. The van der Waals surface area contributed by atoms with E-state index in [2.05, 4.69) is 9.88 Å². The lowest BCUT2D eigenvalue weighted by atomic mass is 10.0. The molecule has 1 atom stereocenters. The van der Waals surface area contributed by atoms with Crippen LogP contribution in [0.3, 0.4) is 0 Å². The Labute approximate surface area is 192 Å². The molecule has 1 saturated heterocycles. The zero-order chi connectivity index (χ0) is 23.4. The molecule has 2 aromatic carbocycles. The maximum Gasteiger partial charge on any atom is 0.326 e. The predicted molar refractivity (Wildman–Crippen MR) is 125 cm³/mol. The van der Waals surface area contributed by atoms with Gasteiger partial charge in [0.25, 0.3) is 0 Å². The van der Waals surface area contributed by atoms with Gasteiger partial charge >= 0.3 is 5.69 Å². The zero-order valence-corrected chi connectivity index (χ0v) is 19.2. The van der Waals surface area contributed by atoms with Crippen LogP contribution < -0.4 is 24.6 Å². The number of H-pyrrole nitrogens is 1. The van der Waals surface area contributed by atoms with Gasteiger partial charge in [-0.15, -0.1) is 0 Å². The molecule has 1 aliphatic heterocycles. The lowest BCUT2D eigenvalue weighted by molar-refractivity contribution is 0.0557. The van der Waals surface area contributed by atoms with Crippen molar-refractivity contribution in [2.75, 3.05) is 47.6 Å². The number of imidazole rings is 1. The van der Waals surface area contributed by atoms with Crippen LogP contribution in [0.25, 0.3) is 11.0 Å². The maximum atomic E-state index is 12.5. The number of aromatic nitrogens is 2. The van der Waals surface area contributed by atoms with E-state index in [1.807, 2.05) is 28.8 Å². The van der Waals surface area contributed by atoms with E-state index in [0.717, 1.165) is 37.0 Å². The number of nitrogens with zero attached hydrogens (tertiary/aromatic N) is 2. The normalized spacial score (nSPS) is 16.0. The summed E-state index contributed by atoms with van der Waals surface area (Å²) in [6.07, 6.45) is 1.04. The minimum Gasteiger partial charge on any atom is -0.493 e. The van der Waals surface area contributed by atoms with E-state index in [-0.39, 0.29) is 18.3 Å². The van der Waals surface area contributed by atoms with Crippen molar-refractivity contribution in [1.82, 2.24) is 14.5 Å². The average Bonchev–Trinajstić information content (AvgIpc) is 3.18. The summed E-state index contributed by atoms with van der Waals surface area (Å²) in [5.74, 6) is 2.01. The number of para-hydroxylation sites is 2. The van der Waals surface area contributed by atoms with Gasteiger partial charge in [0.15, 0.2) is 11.5 Å². The molecule has 0 amide bonds. The summed E-state index contributed by atoms with van der Waals surface area (Å²) in [6, 6.07) is 11.3. The van der Waals surface area contributed by atoms with E-state index >= 15 is 0 Å². The van der Waals surface area contributed by atoms with Gasteiger partial charge in [0.05, 0.1) is 32.4 Å². The van der Waals surface area contributed by atoms with Crippen molar-refractivity contribution in [3.63, 3.8) is 0 Å². The second-order valence-corrected chi connectivity index (χ2v) is 8.17. The van der Waals surface area contributed by atoms with Crippen molar-refractivity contribution in [2.24, 2.45) is 0 Å². The SMILES string of the molecule is COc1cc(OCC(O)CN2CCC(n3c(=O)[nH]c4ccccc43)CC2)cc(OC)c1OC. The van der Waals surface area contributed by atoms with Crippen LogP contribution >= 0.6 is 0 Å². The third kappa shape index (κ3) is 4.94. The first kappa shape index (κ1) is 23.0. The first-order chi connectivity index (χ1) is 16.0. The number of hydrogen-bond donors (Lipinski definition) is 2. The Morgan fingerprint density at radius 2 is 1.73 bits per heavy atom. The first-order valence-electron chi connectivity index (χ1n) is 11.1. The molecule has 1 aromatic heterocycles. The number of likely N-dealkylation sites (tertiary alicyclic amines) is 1. The highest BCUT2D eigenvalue weighted by Crippen LogP contribution is 2.40. The molecule has 33 heavy (non-hydrogen) atoms. The molecule has 2 heterocycles. The van der Waals surface area contributed by atoms with Crippen LogP contribution in [0.15, 0.2) is 41.2 Å². The second-order valence-electron chi connectivity index (χ2n) is 8.17. The molecule has 4 rings (SSSR count). The maximum absolute atomic E-state index is 12.5. The third-order valence-corrected chi connectivity index (χ3v) is 6.10. The van der Waals surface area contributed by atoms with Gasteiger partial charge in [0.1, 0.15) is 18.5 Å². The number of aromatic amines is 1. The van der Waals surface area contributed by atoms with Crippen LogP contribution in [-0.4, -0.2) is 73.2 Å². The lowest BCUT2D eigenvalue weighted by Gasteiger charge is -2.33. The van der Waals surface area contributed by atoms with E-state index in [4.69, 9.17) is 18.9 Å². The number of aliphatic hydroxyl groups excluding tert-OH is 1. The fraction of sp³-hybridized carbons (Fsp3) is 0.458. The molecule has 0 aliphatic carbocycles. The van der Waals surface area contributed by atoms with Gasteiger partial charge in [0.2, 0.25) is 5.75 Å². The summed E-state index contributed by atoms with van der Waals surface area (Å²) in [4.78, 5) is 17.6. The van der Waals surface area contributed by atoms with Gasteiger partial charge in [-0.25, -0.2) is 4.79 Å². The quantitative estimate of drug-likeness (QED) is 0.509. The van der Waals surface area contributed by atoms with Crippen molar-refractivity contribution in [1.29, 1.82) is 0 Å². The van der Waals surface area contributed by atoms with Crippen LogP contribution in [-0.2, 0) is 0 Å². The van der Waals surface area contributed by atoms with Crippen molar-refractivity contribution in [3.05, 3.63) is 46.9 Å². The Hall–Kier alpha value is -3.17. The summed E-state index contributed by atoms with van der Waals surface area (Å²) in [6.45, 7) is 2.25. The molecule has 0 spiro atoms. The van der Waals surface area contributed by atoms with Crippen LogP contribution in [0, 0.1) is 0 Å². The Bertz CT molecular complexity index is 1110. The summed E-state index contributed by atoms with van der Waals surface area (Å²) < 4.78 is 23.7. The largest absolute Gasteiger partial charge is 0.493 e. The zero-order valence-electron chi connectivity index (χ0n) is 19.2. The number of methoxy groups -OCH3 is 3. The minimum absolute atomic E-state index is 0.0616. The summed E-state index contributed by atoms with van der Waals surface area (Å²) in [5.41, 5.74) is 1.75. The van der Waals surface area contributed by atoms with E-state index in [1.54, 1.807) is 33.5 Å². The van der Waals surface area contributed by atoms with Crippen LogP contribution in [0.2, 0.25) is 0 Å². The molecule has 3 aromatic rings. The highest BCUT2D eigenvalue weighted by Gasteiger charge is 2.25. The molecule has 0 saturated carbocycles. The number of ether oxygens (including phenoxy) is 4. The lowest BCUT2D eigenvalue weighted by Crippen LogP contribution is -2.42. The number of hydrogen-bond acceptors (Lipinski definition) is 7. The summed E-state index contributed by atoms with van der Waals surface area (Å²) >= 11 is 0. The molecular formula is C24H31N3O6. The minimum atomic E-state index is -0.656. The van der Waals surface area contributed by atoms with Crippen molar-refractivity contribution < 1.29 is 24.1 Å². The standard InChI is InChI=1S/C24H31N3O6/c1-30-21-12-18(13-22(31-2)23(21)32-3)33-15-17(28)14-26-10-8-16(9-11-26)27-20-7-5-4-6-19(20)25-24(27)29/h4-7,12-13,16-17,28H,8-11,14-15H2,1-3H3,(H,25,29). The Balaban J connectivity index is 1.31. The van der Waals surface area contributed by atoms with Gasteiger partial charge in [0, 0.05) is 37.8 Å².